The second-order valence-corrected chi connectivity index (χ2v) is 2.91. The zero-order chi connectivity index (χ0) is 8.27. The molecule has 0 bridgehead atoms. The van der Waals surface area contributed by atoms with E-state index >= 15 is 0 Å². The summed E-state index contributed by atoms with van der Waals surface area (Å²) in [6.45, 7) is 0.451. The van der Waals surface area contributed by atoms with Crippen LogP contribution in [0.4, 0.5) is 8.78 Å². The van der Waals surface area contributed by atoms with E-state index in [1.54, 1.807) is 5.38 Å². The van der Waals surface area contributed by atoms with Gasteiger partial charge in [0.1, 0.15) is 0 Å². The van der Waals surface area contributed by atoms with Crippen molar-refractivity contribution in [1.82, 2.24) is 4.98 Å². The van der Waals surface area contributed by atoms with Crippen molar-refractivity contribution in [3.8, 4) is 0 Å². The zero-order valence-corrected chi connectivity index (χ0v) is 6.57. The second kappa shape index (κ2) is 3.73. The Balaban J connectivity index is 2.66. The van der Waals surface area contributed by atoms with Crippen molar-refractivity contribution in [2.45, 2.75) is 12.8 Å². The molecule has 0 fully saturated rings. The highest BCUT2D eigenvalue weighted by Gasteiger charge is 2.11. The summed E-state index contributed by atoms with van der Waals surface area (Å²) in [5.41, 5.74) is 5.88. The Hall–Kier alpha value is -0.550. The highest BCUT2D eigenvalue weighted by atomic mass is 32.1. The smallest absolute Gasteiger partial charge is 0.289 e. The lowest BCUT2D eigenvalue weighted by Gasteiger charge is -1.90. The molecule has 1 heterocycles. The lowest BCUT2D eigenvalue weighted by atomic mass is 10.3. The number of hydrogen-bond donors (Lipinski definition) is 1. The highest BCUT2D eigenvalue weighted by molar-refractivity contribution is 7.09. The minimum Gasteiger partial charge on any atom is -0.330 e. The molecule has 0 amide bonds. The van der Waals surface area contributed by atoms with Gasteiger partial charge in [-0.15, -0.1) is 11.3 Å². The quantitative estimate of drug-likeness (QED) is 0.763. The molecule has 0 aliphatic carbocycles. The lowest BCUT2D eigenvalue weighted by Crippen LogP contribution is -2.02. The number of aromatic nitrogens is 1. The molecule has 2 nitrogen and oxygen atoms in total. The Morgan fingerprint density at radius 2 is 2.36 bits per heavy atom. The van der Waals surface area contributed by atoms with E-state index in [9.17, 15) is 8.78 Å². The summed E-state index contributed by atoms with van der Waals surface area (Å²) in [5, 5.41) is 1.50. The summed E-state index contributed by atoms with van der Waals surface area (Å²) in [7, 11) is 0. The fourth-order valence-electron chi connectivity index (χ4n) is 0.686. The largest absolute Gasteiger partial charge is 0.330 e. The van der Waals surface area contributed by atoms with Crippen molar-refractivity contribution in [1.29, 1.82) is 0 Å². The number of rotatable bonds is 3. The van der Waals surface area contributed by atoms with Gasteiger partial charge in [-0.25, -0.2) is 13.8 Å². The summed E-state index contributed by atoms with van der Waals surface area (Å²) in [5.74, 6) is 0. The van der Waals surface area contributed by atoms with Crippen molar-refractivity contribution in [3.05, 3.63) is 16.1 Å². The zero-order valence-electron chi connectivity index (χ0n) is 5.76. The van der Waals surface area contributed by atoms with E-state index in [-0.39, 0.29) is 5.01 Å². The Morgan fingerprint density at radius 3 is 2.82 bits per heavy atom. The van der Waals surface area contributed by atoms with E-state index in [0.717, 1.165) is 11.3 Å². The standard InChI is InChI=1S/C6H8F2N2S/c7-5(8)6-10-4(1-2-9)3-11-6/h3,5H,1-2,9H2. The van der Waals surface area contributed by atoms with Crippen LogP contribution < -0.4 is 5.73 Å². The van der Waals surface area contributed by atoms with Crippen LogP contribution >= 0.6 is 11.3 Å². The van der Waals surface area contributed by atoms with Gasteiger partial charge in [-0.3, -0.25) is 0 Å². The van der Waals surface area contributed by atoms with Crippen LogP contribution in [0, 0.1) is 0 Å². The normalized spacial score (nSPS) is 10.9. The second-order valence-electron chi connectivity index (χ2n) is 2.02. The van der Waals surface area contributed by atoms with Crippen LogP contribution in [-0.2, 0) is 6.42 Å². The minimum absolute atomic E-state index is 0.117. The molecular weight excluding hydrogens is 170 g/mol. The van der Waals surface area contributed by atoms with Crippen molar-refractivity contribution in [2.75, 3.05) is 6.54 Å². The van der Waals surface area contributed by atoms with Crippen LogP contribution in [0.25, 0.3) is 0 Å². The molecule has 62 valence electrons. The van der Waals surface area contributed by atoms with Crippen molar-refractivity contribution >= 4 is 11.3 Å². The molecule has 0 saturated carbocycles. The summed E-state index contributed by atoms with van der Waals surface area (Å²) < 4.78 is 23.9. The number of alkyl halides is 2. The average molecular weight is 178 g/mol. The Bertz CT molecular complexity index is 224. The van der Waals surface area contributed by atoms with Gasteiger partial charge in [0.15, 0.2) is 5.01 Å². The Morgan fingerprint density at radius 1 is 1.64 bits per heavy atom. The molecule has 5 heteroatoms. The molecule has 1 aromatic rings. The monoisotopic (exact) mass is 178 g/mol. The molecule has 1 aromatic heterocycles. The highest BCUT2D eigenvalue weighted by Crippen LogP contribution is 2.22. The molecule has 0 spiro atoms. The molecule has 0 saturated heterocycles. The number of nitrogens with two attached hydrogens (primary N) is 1. The number of halogens is 2. The minimum atomic E-state index is -2.45. The number of nitrogens with zero attached hydrogens (tertiary/aromatic N) is 1. The lowest BCUT2D eigenvalue weighted by molar-refractivity contribution is 0.150. The van der Waals surface area contributed by atoms with Crippen LogP contribution in [-0.4, -0.2) is 11.5 Å². The van der Waals surface area contributed by atoms with Gasteiger partial charge in [0.25, 0.3) is 6.43 Å². The van der Waals surface area contributed by atoms with Gasteiger partial charge in [-0.05, 0) is 6.54 Å². The van der Waals surface area contributed by atoms with E-state index in [2.05, 4.69) is 4.98 Å². The van der Waals surface area contributed by atoms with Crippen LogP contribution in [0.2, 0.25) is 0 Å². The molecular formula is C6H8F2N2S. The summed E-state index contributed by atoms with van der Waals surface area (Å²) in [6, 6.07) is 0. The third kappa shape index (κ3) is 2.20. The first-order valence-electron chi connectivity index (χ1n) is 3.16. The number of hydrogen-bond acceptors (Lipinski definition) is 3. The van der Waals surface area contributed by atoms with Gasteiger partial charge in [0.2, 0.25) is 0 Å². The van der Waals surface area contributed by atoms with E-state index in [4.69, 9.17) is 5.73 Å². The van der Waals surface area contributed by atoms with Gasteiger partial charge in [0.05, 0.1) is 5.69 Å². The molecule has 0 aliphatic rings. The van der Waals surface area contributed by atoms with Crippen molar-refractivity contribution in [2.24, 2.45) is 5.73 Å². The molecule has 0 aliphatic heterocycles. The van der Waals surface area contributed by atoms with Gasteiger partial charge in [-0.2, -0.15) is 0 Å². The molecule has 2 N–H and O–H groups in total. The van der Waals surface area contributed by atoms with Gasteiger partial charge >= 0.3 is 0 Å². The summed E-state index contributed by atoms with van der Waals surface area (Å²) in [4.78, 5) is 3.69. The van der Waals surface area contributed by atoms with Gasteiger partial charge < -0.3 is 5.73 Å². The topological polar surface area (TPSA) is 38.9 Å². The van der Waals surface area contributed by atoms with Crippen molar-refractivity contribution < 1.29 is 8.78 Å². The van der Waals surface area contributed by atoms with Crippen LogP contribution in [0.15, 0.2) is 5.38 Å². The van der Waals surface area contributed by atoms with Crippen LogP contribution in [0.5, 0.6) is 0 Å². The predicted molar refractivity (Wildman–Crippen MR) is 39.8 cm³/mol. The Labute approximate surface area is 67.1 Å². The van der Waals surface area contributed by atoms with Gasteiger partial charge in [0, 0.05) is 11.8 Å². The van der Waals surface area contributed by atoms with Gasteiger partial charge in [-0.1, -0.05) is 0 Å². The van der Waals surface area contributed by atoms with E-state index < -0.39 is 6.43 Å². The van der Waals surface area contributed by atoms with E-state index in [1.807, 2.05) is 0 Å². The van der Waals surface area contributed by atoms with Crippen molar-refractivity contribution in [3.63, 3.8) is 0 Å². The maximum atomic E-state index is 11.9. The number of thiazole rings is 1. The van der Waals surface area contributed by atoms with Crippen LogP contribution in [0.3, 0.4) is 0 Å². The fourth-order valence-corrected chi connectivity index (χ4v) is 1.39. The summed E-state index contributed by atoms with van der Waals surface area (Å²) >= 11 is 0.981. The summed E-state index contributed by atoms with van der Waals surface area (Å²) in [6.07, 6.45) is -1.88. The SMILES string of the molecule is NCCc1csc(C(F)F)n1. The first kappa shape index (κ1) is 8.55. The maximum absolute atomic E-state index is 11.9. The maximum Gasteiger partial charge on any atom is 0.289 e. The third-order valence-corrected chi connectivity index (χ3v) is 2.06. The molecule has 0 unspecified atom stereocenters. The van der Waals surface area contributed by atoms with Crippen LogP contribution in [0.1, 0.15) is 17.1 Å². The molecule has 1 rings (SSSR count). The van der Waals surface area contributed by atoms with E-state index in [0.29, 0.717) is 18.7 Å². The first-order chi connectivity index (χ1) is 5.24. The predicted octanol–water partition coefficient (Wildman–Crippen LogP) is 1.58. The average Bonchev–Trinajstić information content (AvgIpc) is 2.37. The fraction of sp³-hybridized carbons (Fsp3) is 0.500. The molecule has 11 heavy (non-hydrogen) atoms. The molecule has 0 atom stereocenters. The molecule has 0 radical (unpaired) electrons. The first-order valence-corrected chi connectivity index (χ1v) is 4.04. The third-order valence-electron chi connectivity index (χ3n) is 1.16. The molecule has 0 aromatic carbocycles. The van der Waals surface area contributed by atoms with E-state index in [1.165, 1.54) is 0 Å². The Kier molecular flexibility index (Phi) is 2.90.